The van der Waals surface area contributed by atoms with Gasteiger partial charge in [-0.1, -0.05) is 5.21 Å². The molecule has 0 aromatic carbocycles. The number of anilines is 1. The Morgan fingerprint density at radius 3 is 2.94 bits per heavy atom. The molecule has 0 unspecified atom stereocenters. The number of nitrogens with zero attached hydrogens (tertiary/aromatic N) is 5. The summed E-state index contributed by atoms with van der Waals surface area (Å²) < 4.78 is 1.72. The normalized spacial score (nSPS) is 10.1. The summed E-state index contributed by atoms with van der Waals surface area (Å²) in [6.45, 7) is 5.15. The van der Waals surface area contributed by atoms with E-state index in [0.29, 0.717) is 24.5 Å². The van der Waals surface area contributed by atoms with Gasteiger partial charge in [-0.05, 0) is 25.5 Å². The quantitative estimate of drug-likeness (QED) is 0.873. The van der Waals surface area contributed by atoms with Crippen LogP contribution in [-0.2, 0) is 6.54 Å². The van der Waals surface area contributed by atoms with Crippen LogP contribution in [0.1, 0.15) is 16.8 Å². The molecule has 0 aliphatic heterocycles. The fraction of sp³-hybridized carbons (Fsp3) is 0.333. The van der Waals surface area contributed by atoms with Crippen molar-refractivity contribution in [2.45, 2.75) is 20.4 Å². The number of nitrogens with one attached hydrogen (secondary N) is 1. The van der Waals surface area contributed by atoms with Gasteiger partial charge in [-0.2, -0.15) is 5.26 Å². The number of hydrogen-bond donors (Lipinski definition) is 1. The number of pyridine rings is 1. The molecule has 0 aliphatic carbocycles. The molecular weight excluding hydrogens is 228 g/mol. The number of aryl methyl sites for hydroxylation is 2. The van der Waals surface area contributed by atoms with E-state index in [9.17, 15) is 0 Å². The fourth-order valence-corrected chi connectivity index (χ4v) is 1.75. The minimum absolute atomic E-state index is 0.596. The van der Waals surface area contributed by atoms with Gasteiger partial charge in [0.25, 0.3) is 0 Å². The third-order valence-electron chi connectivity index (χ3n) is 2.56. The summed E-state index contributed by atoms with van der Waals surface area (Å²) >= 11 is 0. The van der Waals surface area contributed by atoms with Gasteiger partial charge in [-0.25, -0.2) is 4.98 Å². The van der Waals surface area contributed by atoms with Crippen LogP contribution in [0.5, 0.6) is 0 Å². The van der Waals surface area contributed by atoms with Crippen molar-refractivity contribution in [2.24, 2.45) is 0 Å². The molecule has 0 atom stereocenters. The Morgan fingerprint density at radius 1 is 1.44 bits per heavy atom. The van der Waals surface area contributed by atoms with Crippen molar-refractivity contribution in [3.05, 3.63) is 35.3 Å². The Hall–Kier alpha value is -2.42. The van der Waals surface area contributed by atoms with E-state index in [1.54, 1.807) is 17.1 Å². The Morgan fingerprint density at radius 2 is 2.28 bits per heavy atom. The topological polar surface area (TPSA) is 79.4 Å². The summed E-state index contributed by atoms with van der Waals surface area (Å²) in [6, 6.07) is 4.08. The summed E-state index contributed by atoms with van der Waals surface area (Å²) in [5.74, 6) is 0.634. The molecule has 2 aromatic heterocycles. The van der Waals surface area contributed by atoms with Crippen molar-refractivity contribution in [1.29, 1.82) is 5.26 Å². The van der Waals surface area contributed by atoms with Crippen LogP contribution in [0, 0.1) is 25.2 Å². The van der Waals surface area contributed by atoms with E-state index >= 15 is 0 Å². The van der Waals surface area contributed by atoms with E-state index in [4.69, 9.17) is 5.26 Å². The molecule has 2 aromatic rings. The molecule has 92 valence electrons. The predicted octanol–water partition coefficient (Wildman–Crippen LogP) is 1.27. The van der Waals surface area contributed by atoms with E-state index in [-0.39, 0.29) is 0 Å². The molecule has 18 heavy (non-hydrogen) atoms. The minimum Gasteiger partial charge on any atom is -0.367 e. The molecule has 0 radical (unpaired) electrons. The second-order valence-electron chi connectivity index (χ2n) is 4.01. The average Bonchev–Trinajstić information content (AvgIpc) is 2.81. The first-order chi connectivity index (χ1) is 8.70. The first-order valence-electron chi connectivity index (χ1n) is 5.67. The molecule has 0 spiro atoms. The fourth-order valence-electron chi connectivity index (χ4n) is 1.75. The van der Waals surface area contributed by atoms with Crippen LogP contribution in [0.25, 0.3) is 0 Å². The van der Waals surface area contributed by atoms with Crippen LogP contribution >= 0.6 is 0 Å². The third-order valence-corrected chi connectivity index (χ3v) is 2.56. The first kappa shape index (κ1) is 12.0. The summed E-state index contributed by atoms with van der Waals surface area (Å²) in [5, 5.41) is 19.9. The van der Waals surface area contributed by atoms with E-state index in [1.807, 2.05) is 19.9 Å². The Balaban J connectivity index is 2.07. The van der Waals surface area contributed by atoms with Crippen molar-refractivity contribution >= 4 is 5.82 Å². The Kier molecular flexibility index (Phi) is 3.53. The molecule has 0 saturated heterocycles. The lowest BCUT2D eigenvalue weighted by molar-refractivity contribution is 0.608. The molecule has 0 aliphatic rings. The second kappa shape index (κ2) is 5.27. The highest BCUT2D eigenvalue weighted by Gasteiger charge is 2.07. The van der Waals surface area contributed by atoms with Gasteiger partial charge in [0, 0.05) is 18.4 Å². The molecule has 0 bridgehead atoms. The van der Waals surface area contributed by atoms with Crippen LogP contribution in [0.15, 0.2) is 18.5 Å². The molecular formula is C12H14N6. The molecule has 0 amide bonds. The van der Waals surface area contributed by atoms with Crippen molar-refractivity contribution in [3.63, 3.8) is 0 Å². The standard InChI is InChI=1S/C12H14N6/c1-9-7-10(2)16-12(11(9)8-13)14-3-5-18-6-4-15-17-18/h4,6-7H,3,5H2,1-2H3,(H,14,16). The van der Waals surface area contributed by atoms with Crippen LogP contribution < -0.4 is 5.32 Å². The number of rotatable bonds is 4. The minimum atomic E-state index is 0.596. The maximum absolute atomic E-state index is 9.12. The van der Waals surface area contributed by atoms with E-state index in [1.165, 1.54) is 0 Å². The number of nitriles is 1. The zero-order valence-corrected chi connectivity index (χ0v) is 10.4. The highest BCUT2D eigenvalue weighted by atomic mass is 15.4. The van der Waals surface area contributed by atoms with Crippen LogP contribution in [0.4, 0.5) is 5.82 Å². The smallest absolute Gasteiger partial charge is 0.144 e. The van der Waals surface area contributed by atoms with E-state index in [0.717, 1.165) is 11.3 Å². The number of hydrogen-bond acceptors (Lipinski definition) is 5. The number of aromatic nitrogens is 4. The SMILES string of the molecule is Cc1cc(C)c(C#N)c(NCCn2ccnn2)n1. The van der Waals surface area contributed by atoms with E-state index in [2.05, 4.69) is 26.7 Å². The van der Waals surface area contributed by atoms with Gasteiger partial charge in [-0.15, -0.1) is 5.10 Å². The van der Waals surface area contributed by atoms with Crippen molar-refractivity contribution in [3.8, 4) is 6.07 Å². The molecule has 2 rings (SSSR count). The first-order valence-corrected chi connectivity index (χ1v) is 5.67. The summed E-state index contributed by atoms with van der Waals surface area (Å²) in [4.78, 5) is 4.34. The predicted molar refractivity (Wildman–Crippen MR) is 66.9 cm³/mol. The maximum atomic E-state index is 9.12. The second-order valence-corrected chi connectivity index (χ2v) is 4.01. The molecule has 6 heteroatoms. The summed E-state index contributed by atoms with van der Waals surface area (Å²) in [5.41, 5.74) is 2.43. The lowest BCUT2D eigenvalue weighted by Gasteiger charge is -2.10. The zero-order chi connectivity index (χ0) is 13.0. The molecule has 1 N–H and O–H groups in total. The molecule has 6 nitrogen and oxygen atoms in total. The van der Waals surface area contributed by atoms with Crippen LogP contribution in [0.2, 0.25) is 0 Å². The lowest BCUT2D eigenvalue weighted by Crippen LogP contribution is -2.13. The van der Waals surface area contributed by atoms with Gasteiger partial charge < -0.3 is 5.32 Å². The average molecular weight is 242 g/mol. The molecule has 2 heterocycles. The maximum Gasteiger partial charge on any atom is 0.144 e. The largest absolute Gasteiger partial charge is 0.367 e. The van der Waals surface area contributed by atoms with Crippen molar-refractivity contribution in [2.75, 3.05) is 11.9 Å². The van der Waals surface area contributed by atoms with Gasteiger partial charge in [-0.3, -0.25) is 4.68 Å². The highest BCUT2D eigenvalue weighted by molar-refractivity contribution is 5.56. The molecule has 0 fully saturated rings. The monoisotopic (exact) mass is 242 g/mol. The summed E-state index contributed by atoms with van der Waals surface area (Å²) in [7, 11) is 0. The van der Waals surface area contributed by atoms with Gasteiger partial charge >= 0.3 is 0 Å². The van der Waals surface area contributed by atoms with E-state index < -0.39 is 0 Å². The van der Waals surface area contributed by atoms with Gasteiger partial charge in [0.15, 0.2) is 0 Å². The van der Waals surface area contributed by atoms with Gasteiger partial charge in [0.05, 0.1) is 18.3 Å². The van der Waals surface area contributed by atoms with Crippen LogP contribution in [-0.4, -0.2) is 26.5 Å². The van der Waals surface area contributed by atoms with Gasteiger partial charge in [0.2, 0.25) is 0 Å². The third kappa shape index (κ3) is 2.63. The lowest BCUT2D eigenvalue weighted by atomic mass is 10.1. The summed E-state index contributed by atoms with van der Waals surface area (Å²) in [6.07, 6.45) is 3.43. The van der Waals surface area contributed by atoms with Gasteiger partial charge in [0.1, 0.15) is 11.9 Å². The Labute approximate surface area is 105 Å². The van der Waals surface area contributed by atoms with Crippen molar-refractivity contribution in [1.82, 2.24) is 20.0 Å². The Bertz CT molecular complexity index is 567. The highest BCUT2D eigenvalue weighted by Crippen LogP contribution is 2.17. The zero-order valence-electron chi connectivity index (χ0n) is 10.4. The molecule has 0 saturated carbocycles. The van der Waals surface area contributed by atoms with Crippen LogP contribution in [0.3, 0.4) is 0 Å². The van der Waals surface area contributed by atoms with Crippen molar-refractivity contribution < 1.29 is 0 Å².